The maximum atomic E-state index is 10.6. The van der Waals surface area contributed by atoms with Crippen LogP contribution in [0.3, 0.4) is 0 Å². The molecule has 0 aliphatic carbocycles. The lowest BCUT2D eigenvalue weighted by molar-refractivity contribution is -0.385. The van der Waals surface area contributed by atoms with Crippen molar-refractivity contribution in [3.8, 4) is 0 Å². The number of hydrogen-bond acceptors (Lipinski definition) is 4. The number of fused-ring (bicyclic) bond motifs is 1. The van der Waals surface area contributed by atoms with E-state index >= 15 is 0 Å². The zero-order valence-electron chi connectivity index (χ0n) is 6.78. The summed E-state index contributed by atoms with van der Waals surface area (Å²) >= 11 is 4.22. The van der Waals surface area contributed by atoms with Gasteiger partial charge in [-0.15, -0.1) is 12.6 Å². The monoisotopic (exact) mass is 196 g/mol. The number of nitro groups is 1. The predicted molar refractivity (Wildman–Crippen MR) is 52.5 cm³/mol. The van der Waals surface area contributed by atoms with Gasteiger partial charge in [-0.25, -0.2) is 0 Å². The maximum absolute atomic E-state index is 10.6. The molecular weight excluding hydrogens is 188 g/mol. The van der Waals surface area contributed by atoms with E-state index in [0.29, 0.717) is 6.42 Å². The number of anilines is 1. The van der Waals surface area contributed by atoms with Crippen LogP contribution in [0.1, 0.15) is 5.56 Å². The summed E-state index contributed by atoms with van der Waals surface area (Å²) in [7, 11) is 0. The summed E-state index contributed by atoms with van der Waals surface area (Å²) in [6.07, 6.45) is 0.708. The van der Waals surface area contributed by atoms with Gasteiger partial charge >= 0.3 is 0 Å². The molecule has 0 saturated heterocycles. The summed E-state index contributed by atoms with van der Waals surface area (Å²) in [5.74, 6) is 0. The van der Waals surface area contributed by atoms with Crippen molar-refractivity contribution in [2.24, 2.45) is 0 Å². The van der Waals surface area contributed by atoms with Crippen LogP contribution in [0.4, 0.5) is 11.4 Å². The Kier molecular flexibility index (Phi) is 1.88. The van der Waals surface area contributed by atoms with Gasteiger partial charge in [-0.05, 0) is 12.5 Å². The first kappa shape index (κ1) is 8.37. The van der Waals surface area contributed by atoms with Crippen LogP contribution in [0.5, 0.6) is 0 Å². The van der Waals surface area contributed by atoms with E-state index in [-0.39, 0.29) is 10.6 Å². The Morgan fingerprint density at radius 1 is 1.54 bits per heavy atom. The lowest BCUT2D eigenvalue weighted by Crippen LogP contribution is -1.93. The van der Waals surface area contributed by atoms with Crippen LogP contribution in [0.15, 0.2) is 17.0 Å². The summed E-state index contributed by atoms with van der Waals surface area (Å²) in [4.78, 5) is 11.1. The van der Waals surface area contributed by atoms with Gasteiger partial charge in [-0.1, -0.05) is 0 Å². The lowest BCUT2D eigenvalue weighted by Gasteiger charge is -2.03. The van der Waals surface area contributed by atoms with Crippen molar-refractivity contribution in [2.75, 3.05) is 11.9 Å². The smallest absolute Gasteiger partial charge is 0.274 e. The van der Waals surface area contributed by atoms with Crippen molar-refractivity contribution in [2.45, 2.75) is 11.3 Å². The Balaban J connectivity index is 2.62. The first-order chi connectivity index (χ1) is 6.20. The molecule has 0 atom stereocenters. The van der Waals surface area contributed by atoms with E-state index < -0.39 is 0 Å². The van der Waals surface area contributed by atoms with Gasteiger partial charge in [0.15, 0.2) is 0 Å². The van der Waals surface area contributed by atoms with E-state index in [1.807, 2.05) is 0 Å². The number of nitrogens with one attached hydrogen (secondary N) is 1. The molecule has 0 amide bonds. The molecule has 4 nitrogen and oxygen atoms in total. The molecule has 1 aromatic carbocycles. The third kappa shape index (κ3) is 1.25. The first-order valence-electron chi connectivity index (χ1n) is 3.93. The quantitative estimate of drug-likeness (QED) is 0.409. The van der Waals surface area contributed by atoms with Crippen LogP contribution in [0.25, 0.3) is 0 Å². The van der Waals surface area contributed by atoms with Gasteiger partial charge < -0.3 is 5.32 Å². The fraction of sp³-hybridized carbons (Fsp3) is 0.250. The standard InChI is InChI=1S/C8H8N2O2S/c11-10(12)6-1-2-7(13)8-5(6)3-4-9-8/h1-2,9,13H,3-4H2. The Bertz CT molecular complexity index is 379. The van der Waals surface area contributed by atoms with Gasteiger partial charge in [-0.2, -0.15) is 0 Å². The minimum absolute atomic E-state index is 0.192. The van der Waals surface area contributed by atoms with Crippen molar-refractivity contribution in [1.82, 2.24) is 0 Å². The van der Waals surface area contributed by atoms with Gasteiger partial charge in [0.2, 0.25) is 0 Å². The fourth-order valence-electron chi connectivity index (χ4n) is 1.56. The highest BCUT2D eigenvalue weighted by atomic mass is 32.1. The molecule has 2 rings (SSSR count). The van der Waals surface area contributed by atoms with Crippen molar-refractivity contribution in [1.29, 1.82) is 0 Å². The molecule has 68 valence electrons. The molecule has 0 spiro atoms. The number of nitrogens with zero attached hydrogens (tertiary/aromatic N) is 1. The second kappa shape index (κ2) is 2.92. The first-order valence-corrected chi connectivity index (χ1v) is 4.38. The van der Waals surface area contributed by atoms with Crippen LogP contribution >= 0.6 is 12.6 Å². The molecule has 13 heavy (non-hydrogen) atoms. The third-order valence-corrected chi connectivity index (χ3v) is 2.51. The molecule has 1 aliphatic rings. The van der Waals surface area contributed by atoms with Crippen molar-refractivity contribution in [3.63, 3.8) is 0 Å². The number of thiol groups is 1. The summed E-state index contributed by atoms with van der Waals surface area (Å²) in [6.45, 7) is 0.758. The molecular formula is C8H8N2O2S. The van der Waals surface area contributed by atoms with Gasteiger partial charge in [0.05, 0.1) is 16.2 Å². The molecule has 1 aliphatic heterocycles. The number of rotatable bonds is 1. The highest BCUT2D eigenvalue weighted by Gasteiger charge is 2.22. The fourth-order valence-corrected chi connectivity index (χ4v) is 1.85. The largest absolute Gasteiger partial charge is 0.383 e. The third-order valence-electron chi connectivity index (χ3n) is 2.14. The summed E-state index contributed by atoms with van der Waals surface area (Å²) < 4.78 is 0. The van der Waals surface area contributed by atoms with E-state index in [4.69, 9.17) is 0 Å². The van der Waals surface area contributed by atoms with Gasteiger partial charge in [-0.3, -0.25) is 10.1 Å². The van der Waals surface area contributed by atoms with Gasteiger partial charge in [0, 0.05) is 17.5 Å². The summed E-state index contributed by atoms with van der Waals surface area (Å²) in [5, 5.41) is 13.7. The van der Waals surface area contributed by atoms with Crippen molar-refractivity contribution >= 4 is 24.0 Å². The minimum atomic E-state index is -0.348. The predicted octanol–water partition coefficient (Wildman–Crippen LogP) is 1.85. The van der Waals surface area contributed by atoms with E-state index in [9.17, 15) is 10.1 Å². The van der Waals surface area contributed by atoms with Crippen LogP contribution in [0.2, 0.25) is 0 Å². The normalized spacial score (nSPS) is 13.6. The molecule has 0 fully saturated rings. The minimum Gasteiger partial charge on any atom is -0.383 e. The Labute approximate surface area is 80.5 Å². The van der Waals surface area contributed by atoms with Gasteiger partial charge in [0.25, 0.3) is 5.69 Å². The average molecular weight is 196 g/mol. The maximum Gasteiger partial charge on any atom is 0.274 e. The number of hydrogen-bond donors (Lipinski definition) is 2. The second-order valence-corrected chi connectivity index (χ2v) is 3.37. The SMILES string of the molecule is O=[N+]([O-])c1ccc(S)c2c1CCN2. The van der Waals surface area contributed by atoms with E-state index in [2.05, 4.69) is 17.9 Å². The van der Waals surface area contributed by atoms with Crippen LogP contribution in [-0.4, -0.2) is 11.5 Å². The molecule has 0 aromatic heterocycles. The van der Waals surface area contributed by atoms with E-state index in [0.717, 1.165) is 22.7 Å². The van der Waals surface area contributed by atoms with Crippen molar-refractivity contribution in [3.05, 3.63) is 27.8 Å². The average Bonchev–Trinajstić information content (AvgIpc) is 2.53. The van der Waals surface area contributed by atoms with Crippen molar-refractivity contribution < 1.29 is 4.92 Å². The highest BCUT2D eigenvalue weighted by molar-refractivity contribution is 7.80. The Morgan fingerprint density at radius 2 is 2.31 bits per heavy atom. The molecule has 1 heterocycles. The van der Waals surface area contributed by atoms with E-state index in [1.54, 1.807) is 6.07 Å². The number of nitro benzene ring substituents is 1. The van der Waals surface area contributed by atoms with E-state index in [1.165, 1.54) is 6.07 Å². The van der Waals surface area contributed by atoms with Crippen LogP contribution in [-0.2, 0) is 6.42 Å². The molecule has 0 radical (unpaired) electrons. The topological polar surface area (TPSA) is 55.2 Å². The zero-order valence-corrected chi connectivity index (χ0v) is 7.67. The van der Waals surface area contributed by atoms with Crippen LogP contribution in [0, 0.1) is 10.1 Å². The molecule has 0 bridgehead atoms. The highest BCUT2D eigenvalue weighted by Crippen LogP contribution is 2.35. The second-order valence-electron chi connectivity index (χ2n) is 2.89. The van der Waals surface area contributed by atoms with Crippen LogP contribution < -0.4 is 5.32 Å². The Hall–Kier alpha value is -1.23. The molecule has 0 saturated carbocycles. The number of benzene rings is 1. The summed E-state index contributed by atoms with van der Waals surface area (Å²) in [6, 6.07) is 3.16. The lowest BCUT2D eigenvalue weighted by atomic mass is 10.1. The summed E-state index contributed by atoms with van der Waals surface area (Å²) in [5.41, 5.74) is 1.79. The van der Waals surface area contributed by atoms with Gasteiger partial charge in [0.1, 0.15) is 0 Å². The molecule has 5 heteroatoms. The zero-order chi connectivity index (χ0) is 9.42. The molecule has 0 unspecified atom stereocenters. The molecule has 1 aromatic rings. The molecule has 1 N–H and O–H groups in total. The Morgan fingerprint density at radius 3 is 3.00 bits per heavy atom.